The monoisotopic (exact) mass is 330 g/mol. The fourth-order valence-corrected chi connectivity index (χ4v) is 3.01. The summed E-state index contributed by atoms with van der Waals surface area (Å²) >= 11 is 11.9. The first-order valence-electron chi connectivity index (χ1n) is 7.06. The lowest BCUT2D eigenvalue weighted by Crippen LogP contribution is -2.39. The van der Waals surface area contributed by atoms with Crippen molar-refractivity contribution in [3.8, 4) is 5.75 Å². The molecule has 6 heteroatoms. The Bertz CT molecular complexity index is 510. The maximum absolute atomic E-state index is 12.4. The van der Waals surface area contributed by atoms with E-state index in [1.807, 2.05) is 11.9 Å². The Hall–Kier alpha value is -0.970. The lowest BCUT2D eigenvalue weighted by atomic mass is 10.1. The molecule has 1 N–H and O–H groups in total. The van der Waals surface area contributed by atoms with Gasteiger partial charge in [0, 0.05) is 18.1 Å². The Balaban J connectivity index is 1.94. The first-order valence-corrected chi connectivity index (χ1v) is 7.82. The largest absolute Gasteiger partial charge is 0.479 e. The normalized spacial score (nSPS) is 19.6. The third-order valence-corrected chi connectivity index (χ3v) is 4.17. The van der Waals surface area contributed by atoms with E-state index in [2.05, 4.69) is 5.32 Å². The molecule has 0 aliphatic carbocycles. The van der Waals surface area contributed by atoms with Gasteiger partial charge in [0.15, 0.2) is 6.10 Å². The number of ether oxygens (including phenoxy) is 1. The van der Waals surface area contributed by atoms with Crippen molar-refractivity contribution >= 4 is 29.1 Å². The van der Waals surface area contributed by atoms with Crippen LogP contribution in [0.4, 0.5) is 0 Å². The van der Waals surface area contributed by atoms with Gasteiger partial charge in [-0.1, -0.05) is 23.2 Å². The average Bonchev–Trinajstić information content (AvgIpc) is 2.90. The number of benzene rings is 1. The van der Waals surface area contributed by atoms with E-state index in [1.54, 1.807) is 25.1 Å². The number of nitrogens with zero attached hydrogens (tertiary/aromatic N) is 1. The van der Waals surface area contributed by atoms with Gasteiger partial charge < -0.3 is 15.0 Å². The maximum atomic E-state index is 12.4. The second kappa shape index (κ2) is 7.34. The van der Waals surface area contributed by atoms with E-state index < -0.39 is 6.10 Å². The van der Waals surface area contributed by atoms with Crippen LogP contribution in [-0.2, 0) is 4.79 Å². The van der Waals surface area contributed by atoms with Gasteiger partial charge in [-0.3, -0.25) is 4.79 Å². The van der Waals surface area contributed by atoms with E-state index >= 15 is 0 Å². The molecule has 1 aromatic carbocycles. The molecule has 1 aromatic rings. The first kappa shape index (κ1) is 16.4. The molecule has 0 bridgehead atoms. The van der Waals surface area contributed by atoms with Crippen molar-refractivity contribution < 1.29 is 9.53 Å². The topological polar surface area (TPSA) is 41.6 Å². The molecular formula is C15H20Cl2N2O2. The summed E-state index contributed by atoms with van der Waals surface area (Å²) < 4.78 is 5.67. The van der Waals surface area contributed by atoms with Crippen molar-refractivity contribution in [2.75, 3.05) is 26.7 Å². The van der Waals surface area contributed by atoms with Crippen molar-refractivity contribution in [1.29, 1.82) is 0 Å². The number of amides is 1. The molecule has 1 fully saturated rings. The third-order valence-electron chi connectivity index (χ3n) is 3.64. The molecule has 1 aliphatic heterocycles. The molecule has 1 aliphatic rings. The highest BCUT2D eigenvalue weighted by Crippen LogP contribution is 2.28. The summed E-state index contributed by atoms with van der Waals surface area (Å²) in [6.07, 6.45) is 0.470. The quantitative estimate of drug-likeness (QED) is 0.902. The number of carbonyl (C=O) groups is 1. The van der Waals surface area contributed by atoms with Crippen molar-refractivity contribution in [2.24, 2.45) is 5.92 Å². The van der Waals surface area contributed by atoms with Crippen LogP contribution in [0.2, 0.25) is 10.0 Å². The Labute approximate surface area is 135 Å². The summed E-state index contributed by atoms with van der Waals surface area (Å²) in [5, 5.41) is 4.11. The number of hydrogen-bond donors (Lipinski definition) is 1. The Kier molecular flexibility index (Phi) is 5.73. The van der Waals surface area contributed by atoms with E-state index in [1.165, 1.54) is 0 Å². The number of halogens is 2. The molecule has 1 amide bonds. The van der Waals surface area contributed by atoms with E-state index in [0.717, 1.165) is 26.1 Å². The molecule has 0 radical (unpaired) electrons. The predicted molar refractivity (Wildman–Crippen MR) is 85.2 cm³/mol. The molecule has 4 nitrogen and oxygen atoms in total. The lowest BCUT2D eigenvalue weighted by Gasteiger charge is -2.22. The van der Waals surface area contributed by atoms with Crippen molar-refractivity contribution in [3.63, 3.8) is 0 Å². The minimum Gasteiger partial charge on any atom is -0.479 e. The standard InChI is InChI=1S/C15H20Cl2N2O2/c1-10(21-14-4-3-12(16)7-13(14)17)15(20)19-6-5-11(9-19)8-18-2/h3-4,7,10-11,18H,5-6,8-9H2,1-2H3/t10-,11+/m1/s1. The van der Waals surface area contributed by atoms with Gasteiger partial charge in [0.1, 0.15) is 5.75 Å². The van der Waals surface area contributed by atoms with Crippen LogP contribution >= 0.6 is 23.2 Å². The average molecular weight is 331 g/mol. The molecule has 1 saturated heterocycles. The molecule has 0 aromatic heterocycles. The van der Waals surface area contributed by atoms with E-state index in [0.29, 0.717) is 21.7 Å². The van der Waals surface area contributed by atoms with Crippen LogP contribution < -0.4 is 10.1 Å². The molecule has 116 valence electrons. The number of rotatable bonds is 5. The lowest BCUT2D eigenvalue weighted by molar-refractivity contribution is -0.136. The van der Waals surface area contributed by atoms with Gasteiger partial charge in [-0.05, 0) is 51.1 Å². The summed E-state index contributed by atoms with van der Waals surface area (Å²) in [4.78, 5) is 14.2. The number of nitrogens with one attached hydrogen (secondary N) is 1. The first-order chi connectivity index (χ1) is 10.0. The Morgan fingerprint density at radius 1 is 1.52 bits per heavy atom. The van der Waals surface area contributed by atoms with Crippen LogP contribution in [0.1, 0.15) is 13.3 Å². The summed E-state index contributed by atoms with van der Waals surface area (Å²) in [5.74, 6) is 0.998. The van der Waals surface area contributed by atoms with Gasteiger partial charge in [-0.25, -0.2) is 0 Å². The van der Waals surface area contributed by atoms with Crippen LogP contribution in [0.25, 0.3) is 0 Å². The smallest absolute Gasteiger partial charge is 0.263 e. The van der Waals surface area contributed by atoms with Gasteiger partial charge in [-0.2, -0.15) is 0 Å². The molecule has 2 rings (SSSR count). The minimum atomic E-state index is -0.558. The van der Waals surface area contributed by atoms with Gasteiger partial charge in [0.05, 0.1) is 5.02 Å². The summed E-state index contributed by atoms with van der Waals surface area (Å²) in [6, 6.07) is 4.98. The van der Waals surface area contributed by atoms with Crippen LogP contribution in [-0.4, -0.2) is 43.6 Å². The van der Waals surface area contributed by atoms with E-state index in [4.69, 9.17) is 27.9 Å². The zero-order valence-electron chi connectivity index (χ0n) is 12.2. The Morgan fingerprint density at radius 3 is 2.95 bits per heavy atom. The van der Waals surface area contributed by atoms with Crippen LogP contribution in [0.3, 0.4) is 0 Å². The number of likely N-dealkylation sites (tertiary alicyclic amines) is 1. The molecule has 0 spiro atoms. The fourth-order valence-electron chi connectivity index (χ4n) is 2.56. The third kappa shape index (κ3) is 4.25. The van der Waals surface area contributed by atoms with Crippen molar-refractivity contribution in [2.45, 2.75) is 19.4 Å². The minimum absolute atomic E-state index is 0.000352. The molecular weight excluding hydrogens is 311 g/mol. The summed E-state index contributed by atoms with van der Waals surface area (Å²) in [5.41, 5.74) is 0. The summed E-state index contributed by atoms with van der Waals surface area (Å²) in [7, 11) is 1.93. The zero-order valence-corrected chi connectivity index (χ0v) is 13.7. The van der Waals surface area contributed by atoms with Gasteiger partial charge >= 0.3 is 0 Å². The fraction of sp³-hybridized carbons (Fsp3) is 0.533. The van der Waals surface area contributed by atoms with Gasteiger partial charge in [0.2, 0.25) is 0 Å². The maximum Gasteiger partial charge on any atom is 0.263 e. The van der Waals surface area contributed by atoms with Crippen molar-refractivity contribution in [1.82, 2.24) is 10.2 Å². The molecule has 21 heavy (non-hydrogen) atoms. The van der Waals surface area contributed by atoms with Gasteiger partial charge in [0.25, 0.3) is 5.91 Å². The SMILES string of the molecule is CNC[C@@H]1CCN(C(=O)[C@@H](C)Oc2ccc(Cl)cc2Cl)C1. The number of hydrogen-bond acceptors (Lipinski definition) is 3. The zero-order chi connectivity index (χ0) is 15.4. The molecule has 0 saturated carbocycles. The highest BCUT2D eigenvalue weighted by Gasteiger charge is 2.29. The van der Waals surface area contributed by atoms with Gasteiger partial charge in [-0.15, -0.1) is 0 Å². The van der Waals surface area contributed by atoms with Crippen LogP contribution in [0.5, 0.6) is 5.75 Å². The predicted octanol–water partition coefficient (Wildman–Crippen LogP) is 2.83. The highest BCUT2D eigenvalue weighted by molar-refractivity contribution is 6.35. The van der Waals surface area contributed by atoms with Crippen LogP contribution in [0.15, 0.2) is 18.2 Å². The highest BCUT2D eigenvalue weighted by atomic mass is 35.5. The van der Waals surface area contributed by atoms with Crippen molar-refractivity contribution in [3.05, 3.63) is 28.2 Å². The number of carbonyl (C=O) groups excluding carboxylic acids is 1. The molecule has 2 atom stereocenters. The van der Waals surface area contributed by atoms with E-state index in [9.17, 15) is 4.79 Å². The second-order valence-electron chi connectivity index (χ2n) is 5.33. The summed E-state index contributed by atoms with van der Waals surface area (Å²) in [6.45, 7) is 4.25. The Morgan fingerprint density at radius 2 is 2.29 bits per heavy atom. The second-order valence-corrected chi connectivity index (χ2v) is 6.18. The van der Waals surface area contributed by atoms with Crippen LogP contribution in [0, 0.1) is 5.92 Å². The molecule has 1 heterocycles. The molecule has 0 unspecified atom stereocenters. The van der Waals surface area contributed by atoms with E-state index in [-0.39, 0.29) is 5.91 Å².